The third-order valence-electron chi connectivity index (χ3n) is 3.11. The van der Waals surface area contributed by atoms with Gasteiger partial charge in [0.25, 0.3) is 0 Å². The largest absolute Gasteiger partial charge is 0.0809 e. The standard InChI is InChI=1S/C16H21/c1-6-8-9-15(7-2)16-13(4)10-12(3)11-14(16)5/h10-11,15H,6,8-9H2,1,3-5H3. The van der Waals surface area contributed by atoms with Gasteiger partial charge in [0.1, 0.15) is 0 Å². The molecule has 0 saturated carbocycles. The highest BCUT2D eigenvalue weighted by molar-refractivity contribution is 5.42. The van der Waals surface area contributed by atoms with Gasteiger partial charge in [-0.15, -0.1) is 0 Å². The highest BCUT2D eigenvalue weighted by Crippen LogP contribution is 2.28. The summed E-state index contributed by atoms with van der Waals surface area (Å²) in [6.07, 6.45) is 10.9. The van der Waals surface area contributed by atoms with Crippen LogP contribution in [-0.2, 0) is 0 Å². The fourth-order valence-corrected chi connectivity index (χ4v) is 2.44. The maximum absolute atomic E-state index is 7.47. The Morgan fingerprint density at radius 3 is 2.19 bits per heavy atom. The van der Waals surface area contributed by atoms with E-state index in [1.54, 1.807) is 0 Å². The Kier molecular flexibility index (Phi) is 4.62. The van der Waals surface area contributed by atoms with Crippen LogP contribution in [0.2, 0.25) is 0 Å². The lowest BCUT2D eigenvalue weighted by atomic mass is 9.87. The number of aryl methyl sites for hydroxylation is 3. The lowest BCUT2D eigenvalue weighted by Crippen LogP contribution is -2.02. The molecule has 0 aliphatic heterocycles. The molecule has 1 aromatic carbocycles. The molecular formula is C16H21. The summed E-state index contributed by atoms with van der Waals surface area (Å²) in [5.41, 5.74) is 5.23. The topological polar surface area (TPSA) is 0 Å². The second kappa shape index (κ2) is 5.75. The zero-order valence-electron chi connectivity index (χ0n) is 10.9. The summed E-state index contributed by atoms with van der Waals surface area (Å²) < 4.78 is 0. The molecule has 0 spiro atoms. The molecule has 1 rings (SSSR count). The first kappa shape index (κ1) is 12.8. The first-order chi connectivity index (χ1) is 7.60. The van der Waals surface area contributed by atoms with Gasteiger partial charge in [0, 0.05) is 5.92 Å². The third kappa shape index (κ3) is 2.89. The third-order valence-corrected chi connectivity index (χ3v) is 3.11. The van der Waals surface area contributed by atoms with Gasteiger partial charge in [0.2, 0.25) is 0 Å². The SMILES string of the molecule is [C]#CC(CCCC)c1c(C)cc(C)cc1C. The molecule has 16 heavy (non-hydrogen) atoms. The van der Waals surface area contributed by atoms with Crippen molar-refractivity contribution in [2.75, 3.05) is 0 Å². The van der Waals surface area contributed by atoms with Gasteiger partial charge in [-0.3, -0.25) is 0 Å². The van der Waals surface area contributed by atoms with Gasteiger partial charge in [0.05, 0.1) is 0 Å². The van der Waals surface area contributed by atoms with Crippen LogP contribution in [-0.4, -0.2) is 0 Å². The van der Waals surface area contributed by atoms with Crippen molar-refractivity contribution in [3.8, 4) is 5.92 Å². The molecular weight excluding hydrogens is 192 g/mol. The van der Waals surface area contributed by atoms with Gasteiger partial charge >= 0.3 is 0 Å². The van der Waals surface area contributed by atoms with Crippen molar-refractivity contribution in [3.05, 3.63) is 40.8 Å². The van der Waals surface area contributed by atoms with E-state index in [0.29, 0.717) is 0 Å². The molecule has 0 N–H and O–H groups in total. The van der Waals surface area contributed by atoms with E-state index in [2.05, 4.69) is 45.7 Å². The number of unbranched alkanes of at least 4 members (excludes halogenated alkanes) is 1. The van der Waals surface area contributed by atoms with Crippen molar-refractivity contribution >= 4 is 0 Å². The first-order valence-corrected chi connectivity index (χ1v) is 6.10. The number of hydrogen-bond donors (Lipinski definition) is 0. The summed E-state index contributed by atoms with van der Waals surface area (Å²) in [5.74, 6) is 2.89. The van der Waals surface area contributed by atoms with Gasteiger partial charge in [-0.1, -0.05) is 43.4 Å². The fourth-order valence-electron chi connectivity index (χ4n) is 2.44. The maximum atomic E-state index is 7.47. The van der Waals surface area contributed by atoms with E-state index in [-0.39, 0.29) is 5.92 Å². The molecule has 0 nitrogen and oxygen atoms in total. The zero-order chi connectivity index (χ0) is 12.1. The number of rotatable bonds is 4. The molecule has 0 heteroatoms. The van der Waals surface area contributed by atoms with Gasteiger partial charge in [-0.05, 0) is 50.3 Å². The molecule has 0 aliphatic rings. The van der Waals surface area contributed by atoms with E-state index < -0.39 is 0 Å². The predicted molar refractivity (Wildman–Crippen MR) is 70.1 cm³/mol. The van der Waals surface area contributed by atoms with E-state index >= 15 is 0 Å². The van der Waals surface area contributed by atoms with Crippen LogP contribution in [0.25, 0.3) is 0 Å². The Bertz CT molecular complexity index is 370. The first-order valence-electron chi connectivity index (χ1n) is 6.10. The molecule has 0 heterocycles. The molecule has 1 radical (unpaired) electrons. The molecule has 1 unspecified atom stereocenters. The lowest BCUT2D eigenvalue weighted by Gasteiger charge is -2.17. The van der Waals surface area contributed by atoms with Gasteiger partial charge in [-0.25, -0.2) is 0 Å². The maximum Gasteiger partial charge on any atom is 0.0467 e. The van der Waals surface area contributed by atoms with Crippen molar-refractivity contribution in [1.29, 1.82) is 0 Å². The van der Waals surface area contributed by atoms with Crippen LogP contribution < -0.4 is 0 Å². The van der Waals surface area contributed by atoms with Crippen LogP contribution in [0.4, 0.5) is 0 Å². The summed E-state index contributed by atoms with van der Waals surface area (Å²) in [7, 11) is 0. The van der Waals surface area contributed by atoms with E-state index in [1.807, 2.05) is 0 Å². The second-order valence-electron chi connectivity index (χ2n) is 4.65. The van der Waals surface area contributed by atoms with Crippen LogP contribution in [0.3, 0.4) is 0 Å². The average molecular weight is 213 g/mol. The van der Waals surface area contributed by atoms with E-state index in [1.165, 1.54) is 35.1 Å². The molecule has 0 fully saturated rings. The predicted octanol–water partition coefficient (Wildman–Crippen LogP) is 4.48. The van der Waals surface area contributed by atoms with E-state index in [4.69, 9.17) is 6.42 Å². The summed E-state index contributed by atoms with van der Waals surface area (Å²) >= 11 is 0. The average Bonchev–Trinajstić information content (AvgIpc) is 2.21. The van der Waals surface area contributed by atoms with E-state index in [0.717, 1.165) is 6.42 Å². The minimum Gasteiger partial charge on any atom is -0.0809 e. The van der Waals surface area contributed by atoms with Gasteiger partial charge in [0.15, 0.2) is 0 Å². The highest BCUT2D eigenvalue weighted by Gasteiger charge is 2.13. The van der Waals surface area contributed by atoms with Crippen LogP contribution in [0, 0.1) is 33.1 Å². The molecule has 0 aliphatic carbocycles. The van der Waals surface area contributed by atoms with Crippen LogP contribution in [0.15, 0.2) is 12.1 Å². The van der Waals surface area contributed by atoms with Crippen LogP contribution in [0.5, 0.6) is 0 Å². The van der Waals surface area contributed by atoms with Crippen LogP contribution in [0.1, 0.15) is 54.4 Å². The quantitative estimate of drug-likeness (QED) is 0.647. The summed E-state index contributed by atoms with van der Waals surface area (Å²) in [6, 6.07) is 4.41. The molecule has 1 aromatic rings. The smallest absolute Gasteiger partial charge is 0.0467 e. The highest BCUT2D eigenvalue weighted by atomic mass is 14.2. The minimum atomic E-state index is 0.181. The van der Waals surface area contributed by atoms with Crippen molar-refractivity contribution in [2.45, 2.75) is 52.9 Å². The van der Waals surface area contributed by atoms with Crippen molar-refractivity contribution in [2.24, 2.45) is 0 Å². The monoisotopic (exact) mass is 213 g/mol. The number of hydrogen-bond acceptors (Lipinski definition) is 0. The second-order valence-corrected chi connectivity index (χ2v) is 4.65. The molecule has 1 atom stereocenters. The van der Waals surface area contributed by atoms with Gasteiger partial charge in [-0.2, -0.15) is 0 Å². The lowest BCUT2D eigenvalue weighted by molar-refractivity contribution is 0.670. The molecule has 0 saturated heterocycles. The zero-order valence-corrected chi connectivity index (χ0v) is 10.9. The summed E-state index contributed by atoms with van der Waals surface area (Å²) in [6.45, 7) is 8.60. The summed E-state index contributed by atoms with van der Waals surface area (Å²) in [4.78, 5) is 0. The normalized spacial score (nSPS) is 12.2. The molecule has 0 bridgehead atoms. The van der Waals surface area contributed by atoms with Crippen molar-refractivity contribution in [1.82, 2.24) is 0 Å². The van der Waals surface area contributed by atoms with Crippen molar-refractivity contribution < 1.29 is 0 Å². The van der Waals surface area contributed by atoms with Crippen LogP contribution >= 0.6 is 0 Å². The Labute approximate surface area is 100 Å². The van der Waals surface area contributed by atoms with Crippen molar-refractivity contribution in [3.63, 3.8) is 0 Å². The Morgan fingerprint density at radius 2 is 1.75 bits per heavy atom. The molecule has 0 amide bonds. The fraction of sp³-hybridized carbons (Fsp3) is 0.500. The molecule has 0 aromatic heterocycles. The Balaban J connectivity index is 3.06. The Hall–Kier alpha value is -1.22. The molecule has 85 valence electrons. The minimum absolute atomic E-state index is 0.181. The number of benzene rings is 1. The van der Waals surface area contributed by atoms with E-state index in [9.17, 15) is 0 Å². The summed E-state index contributed by atoms with van der Waals surface area (Å²) in [5, 5.41) is 0. The van der Waals surface area contributed by atoms with Gasteiger partial charge < -0.3 is 0 Å². The Morgan fingerprint density at radius 1 is 1.19 bits per heavy atom.